The van der Waals surface area contributed by atoms with E-state index in [0.29, 0.717) is 0 Å². The minimum absolute atomic E-state index is 0. The summed E-state index contributed by atoms with van der Waals surface area (Å²) < 4.78 is 0. The lowest BCUT2D eigenvalue weighted by Gasteiger charge is -2.30. The van der Waals surface area contributed by atoms with E-state index in [9.17, 15) is 0 Å². The first-order chi connectivity index (χ1) is 10.3. The second kappa shape index (κ2) is 8.00. The lowest BCUT2D eigenvalue weighted by molar-refractivity contribution is 0.577. The maximum Gasteiger partial charge on any atom is 0.0650 e. The van der Waals surface area contributed by atoms with Gasteiger partial charge in [0.2, 0.25) is 0 Å². The molecule has 2 nitrogen and oxygen atoms in total. The second-order valence-corrected chi connectivity index (χ2v) is 5.69. The molecule has 0 spiro atoms. The highest BCUT2D eigenvalue weighted by atomic mass is 35.5. The molecule has 0 N–H and O–H groups in total. The molecule has 1 aromatic carbocycles. The van der Waals surface area contributed by atoms with Crippen molar-refractivity contribution in [1.29, 1.82) is 0 Å². The fraction of sp³-hybridized carbons (Fsp3) is 0.316. The van der Waals surface area contributed by atoms with Crippen molar-refractivity contribution in [3.8, 4) is 0 Å². The molecule has 1 fully saturated rings. The van der Waals surface area contributed by atoms with Crippen molar-refractivity contribution >= 4 is 30.2 Å². The molecule has 0 bridgehead atoms. The minimum atomic E-state index is 0. The van der Waals surface area contributed by atoms with E-state index in [-0.39, 0.29) is 12.4 Å². The first-order valence-corrected chi connectivity index (χ1v) is 7.78. The second-order valence-electron chi connectivity index (χ2n) is 5.69. The van der Waals surface area contributed by atoms with Crippen LogP contribution in [0.2, 0.25) is 0 Å². The number of halogens is 1. The van der Waals surface area contributed by atoms with Gasteiger partial charge in [-0.25, -0.2) is 0 Å². The third-order valence-electron chi connectivity index (χ3n) is 4.04. The van der Waals surface area contributed by atoms with Gasteiger partial charge in [0.1, 0.15) is 0 Å². The van der Waals surface area contributed by atoms with Gasteiger partial charge in [-0.05, 0) is 49.5 Å². The van der Waals surface area contributed by atoms with Gasteiger partial charge >= 0.3 is 0 Å². The largest absolute Gasteiger partial charge is 0.371 e. The van der Waals surface area contributed by atoms with Crippen molar-refractivity contribution in [2.75, 3.05) is 18.0 Å². The van der Waals surface area contributed by atoms with Crippen molar-refractivity contribution in [3.63, 3.8) is 0 Å². The number of anilines is 1. The highest BCUT2D eigenvalue weighted by Gasteiger charge is 2.13. The predicted octanol–water partition coefficient (Wildman–Crippen LogP) is 4.97. The Balaban J connectivity index is 0.00000176. The van der Waals surface area contributed by atoms with Crippen LogP contribution in [0.3, 0.4) is 0 Å². The summed E-state index contributed by atoms with van der Waals surface area (Å²) in [6.07, 6.45) is 10.2. The zero-order chi connectivity index (χ0) is 14.5. The van der Waals surface area contributed by atoms with Crippen molar-refractivity contribution in [2.45, 2.75) is 26.2 Å². The SMILES string of the molecule is Cc1cnc(/C=C\c2ccccc2)cc1N1CCCCC1.Cl. The van der Waals surface area contributed by atoms with Crippen LogP contribution in [0.25, 0.3) is 12.2 Å². The molecule has 0 amide bonds. The Kier molecular flexibility index (Phi) is 6.02. The number of pyridine rings is 1. The summed E-state index contributed by atoms with van der Waals surface area (Å²) in [4.78, 5) is 7.04. The molecule has 0 radical (unpaired) electrons. The Bertz CT molecular complexity index is 617. The third-order valence-corrected chi connectivity index (χ3v) is 4.04. The van der Waals surface area contributed by atoms with Gasteiger partial charge in [-0.1, -0.05) is 36.4 Å². The molecule has 1 saturated heterocycles. The summed E-state index contributed by atoms with van der Waals surface area (Å²) >= 11 is 0. The zero-order valence-corrected chi connectivity index (χ0v) is 13.9. The predicted molar refractivity (Wildman–Crippen MR) is 97.7 cm³/mol. The fourth-order valence-electron chi connectivity index (χ4n) is 2.84. The van der Waals surface area contributed by atoms with Gasteiger partial charge < -0.3 is 4.90 Å². The Hall–Kier alpha value is -1.80. The van der Waals surface area contributed by atoms with E-state index in [4.69, 9.17) is 0 Å². The van der Waals surface area contributed by atoms with E-state index in [1.807, 2.05) is 12.3 Å². The maximum absolute atomic E-state index is 4.54. The number of aryl methyl sites for hydroxylation is 1. The van der Waals surface area contributed by atoms with Gasteiger partial charge in [-0.3, -0.25) is 4.98 Å². The van der Waals surface area contributed by atoms with Crippen molar-refractivity contribution in [3.05, 3.63) is 59.4 Å². The van der Waals surface area contributed by atoms with E-state index in [1.54, 1.807) is 0 Å². The molecule has 0 unspecified atom stereocenters. The van der Waals surface area contributed by atoms with E-state index in [1.165, 1.54) is 49.2 Å². The van der Waals surface area contributed by atoms with Crippen LogP contribution in [0, 0.1) is 6.92 Å². The van der Waals surface area contributed by atoms with Crippen LogP contribution < -0.4 is 4.90 Å². The Labute approximate surface area is 139 Å². The molecular weight excluding hydrogens is 292 g/mol. The summed E-state index contributed by atoms with van der Waals surface area (Å²) in [5, 5.41) is 0. The number of benzene rings is 1. The monoisotopic (exact) mass is 314 g/mol. The van der Waals surface area contributed by atoms with Gasteiger partial charge in [0, 0.05) is 25.0 Å². The summed E-state index contributed by atoms with van der Waals surface area (Å²) in [7, 11) is 0. The number of piperidine rings is 1. The normalized spacial score (nSPS) is 14.9. The minimum Gasteiger partial charge on any atom is -0.371 e. The molecule has 116 valence electrons. The lowest BCUT2D eigenvalue weighted by Crippen LogP contribution is -2.30. The maximum atomic E-state index is 4.54. The van der Waals surface area contributed by atoms with Crippen LogP contribution in [0.15, 0.2) is 42.6 Å². The molecule has 0 atom stereocenters. The Morgan fingerprint density at radius 3 is 2.45 bits per heavy atom. The molecule has 0 saturated carbocycles. The summed E-state index contributed by atoms with van der Waals surface area (Å²) in [5.41, 5.74) is 4.86. The average Bonchev–Trinajstić information content (AvgIpc) is 2.56. The van der Waals surface area contributed by atoms with E-state index in [0.717, 1.165) is 5.69 Å². The molecule has 1 aliphatic heterocycles. The van der Waals surface area contributed by atoms with E-state index < -0.39 is 0 Å². The first-order valence-electron chi connectivity index (χ1n) is 7.78. The third kappa shape index (κ3) is 4.11. The fourth-order valence-corrected chi connectivity index (χ4v) is 2.84. The number of rotatable bonds is 3. The van der Waals surface area contributed by atoms with Gasteiger partial charge in [-0.15, -0.1) is 12.4 Å². The Morgan fingerprint density at radius 2 is 1.73 bits per heavy atom. The molecule has 22 heavy (non-hydrogen) atoms. The van der Waals surface area contributed by atoms with Gasteiger partial charge in [0.25, 0.3) is 0 Å². The van der Waals surface area contributed by atoms with Crippen LogP contribution >= 0.6 is 12.4 Å². The summed E-state index contributed by atoms with van der Waals surface area (Å²) in [6.45, 7) is 4.50. The van der Waals surface area contributed by atoms with Gasteiger partial charge in [-0.2, -0.15) is 0 Å². The van der Waals surface area contributed by atoms with Gasteiger partial charge in [0.05, 0.1) is 5.69 Å². The summed E-state index contributed by atoms with van der Waals surface area (Å²) in [6, 6.07) is 12.6. The lowest BCUT2D eigenvalue weighted by atomic mass is 10.1. The Morgan fingerprint density at radius 1 is 1.00 bits per heavy atom. The van der Waals surface area contributed by atoms with Gasteiger partial charge in [0.15, 0.2) is 0 Å². The van der Waals surface area contributed by atoms with Crippen molar-refractivity contribution in [2.24, 2.45) is 0 Å². The number of aromatic nitrogens is 1. The molecule has 1 aromatic heterocycles. The smallest absolute Gasteiger partial charge is 0.0650 e. The highest BCUT2D eigenvalue weighted by Crippen LogP contribution is 2.24. The summed E-state index contributed by atoms with van der Waals surface area (Å²) in [5.74, 6) is 0. The molecule has 0 aliphatic carbocycles. The van der Waals surface area contributed by atoms with Crippen molar-refractivity contribution < 1.29 is 0 Å². The van der Waals surface area contributed by atoms with Crippen LogP contribution in [0.5, 0.6) is 0 Å². The standard InChI is InChI=1S/C19H22N2.ClH/c1-16-15-20-18(11-10-17-8-4-2-5-9-17)14-19(16)21-12-6-3-7-13-21;/h2,4-5,8-11,14-15H,3,6-7,12-13H2,1H3;1H/b11-10-;. The molecule has 2 aromatic rings. The number of nitrogens with zero attached hydrogens (tertiary/aromatic N) is 2. The van der Waals surface area contributed by atoms with Crippen LogP contribution in [-0.2, 0) is 0 Å². The van der Waals surface area contributed by atoms with Crippen LogP contribution in [-0.4, -0.2) is 18.1 Å². The molecule has 3 heteroatoms. The van der Waals surface area contributed by atoms with Crippen molar-refractivity contribution in [1.82, 2.24) is 4.98 Å². The highest BCUT2D eigenvalue weighted by molar-refractivity contribution is 5.85. The number of hydrogen-bond acceptors (Lipinski definition) is 2. The molecular formula is C19H23ClN2. The molecule has 1 aliphatic rings. The molecule has 3 rings (SSSR count). The molecule has 2 heterocycles. The first kappa shape index (κ1) is 16.6. The number of hydrogen-bond donors (Lipinski definition) is 0. The zero-order valence-electron chi connectivity index (χ0n) is 13.0. The van der Waals surface area contributed by atoms with E-state index in [2.05, 4.69) is 59.3 Å². The van der Waals surface area contributed by atoms with E-state index >= 15 is 0 Å². The quantitative estimate of drug-likeness (QED) is 0.795. The average molecular weight is 315 g/mol. The van der Waals surface area contributed by atoms with Crippen LogP contribution in [0.4, 0.5) is 5.69 Å². The topological polar surface area (TPSA) is 16.1 Å². The van der Waals surface area contributed by atoms with Crippen LogP contribution in [0.1, 0.15) is 36.1 Å².